The van der Waals surface area contributed by atoms with Crippen molar-refractivity contribution in [2.45, 2.75) is 57.1 Å². The van der Waals surface area contributed by atoms with Gasteiger partial charge in [0.05, 0.1) is 23.4 Å². The topological polar surface area (TPSA) is 71.2 Å². The molecule has 5 rings (SSSR count). The number of rotatable bonds is 4. The standard InChI is InChI=1S/C27H30N4O2/c1-18-14-27(18,17-28)31-23(25(32)30(4)21-8-6-5-7-9-21)13-20-12-22(29-16-24(20)31)19-10-11-33-26(2,3)15-19/h5-9,12-13,16,18-19H,10-11,14-15H2,1-4H3/t18-,19?,27+/m0/s1. The van der Waals surface area contributed by atoms with E-state index in [1.807, 2.05) is 47.2 Å². The predicted molar refractivity (Wildman–Crippen MR) is 128 cm³/mol. The molecule has 0 bridgehead atoms. The van der Waals surface area contributed by atoms with Crippen molar-refractivity contribution in [3.63, 3.8) is 0 Å². The molecule has 2 fully saturated rings. The maximum Gasteiger partial charge on any atom is 0.274 e. The fourth-order valence-corrected chi connectivity index (χ4v) is 5.29. The van der Waals surface area contributed by atoms with Gasteiger partial charge in [-0.2, -0.15) is 5.26 Å². The van der Waals surface area contributed by atoms with Crippen LogP contribution in [-0.2, 0) is 10.3 Å². The highest BCUT2D eigenvalue weighted by molar-refractivity contribution is 6.08. The number of fused-ring (bicyclic) bond motifs is 1. The van der Waals surface area contributed by atoms with Crippen molar-refractivity contribution in [2.75, 3.05) is 18.6 Å². The molecule has 1 aromatic carbocycles. The zero-order valence-corrected chi connectivity index (χ0v) is 19.7. The van der Waals surface area contributed by atoms with Crippen LogP contribution in [0.25, 0.3) is 10.9 Å². The second-order valence-corrected chi connectivity index (χ2v) is 10.2. The van der Waals surface area contributed by atoms with E-state index < -0.39 is 5.54 Å². The lowest BCUT2D eigenvalue weighted by Gasteiger charge is -2.35. The molecule has 0 radical (unpaired) electrons. The van der Waals surface area contributed by atoms with Crippen LogP contribution in [0.1, 0.15) is 62.1 Å². The Morgan fingerprint density at radius 3 is 2.61 bits per heavy atom. The maximum absolute atomic E-state index is 13.7. The van der Waals surface area contributed by atoms with E-state index >= 15 is 0 Å². The Labute approximate surface area is 194 Å². The van der Waals surface area contributed by atoms with Crippen LogP contribution in [0.2, 0.25) is 0 Å². The Morgan fingerprint density at radius 2 is 1.97 bits per heavy atom. The summed E-state index contributed by atoms with van der Waals surface area (Å²) in [6.45, 7) is 7.03. The third-order valence-corrected chi connectivity index (χ3v) is 7.36. The van der Waals surface area contributed by atoms with Crippen LogP contribution in [0.15, 0.2) is 48.7 Å². The molecule has 0 spiro atoms. The zero-order chi connectivity index (χ0) is 23.4. The highest BCUT2D eigenvalue weighted by Crippen LogP contribution is 2.52. The van der Waals surface area contributed by atoms with Gasteiger partial charge in [-0.05, 0) is 63.3 Å². The Morgan fingerprint density at radius 1 is 1.24 bits per heavy atom. The monoisotopic (exact) mass is 442 g/mol. The number of hydrogen-bond acceptors (Lipinski definition) is 4. The van der Waals surface area contributed by atoms with Gasteiger partial charge in [0, 0.05) is 36.3 Å². The highest BCUT2D eigenvalue weighted by Gasteiger charge is 2.55. The van der Waals surface area contributed by atoms with E-state index in [1.165, 1.54) is 0 Å². The Hall–Kier alpha value is -3.17. The van der Waals surface area contributed by atoms with Crippen molar-refractivity contribution >= 4 is 22.5 Å². The van der Waals surface area contributed by atoms with Gasteiger partial charge in [-0.3, -0.25) is 9.78 Å². The second-order valence-electron chi connectivity index (χ2n) is 10.2. The number of amides is 1. The van der Waals surface area contributed by atoms with Crippen molar-refractivity contribution < 1.29 is 9.53 Å². The third kappa shape index (κ3) is 3.61. The van der Waals surface area contributed by atoms with Crippen LogP contribution < -0.4 is 4.90 Å². The van der Waals surface area contributed by atoms with Crippen molar-refractivity contribution in [1.82, 2.24) is 9.55 Å². The van der Waals surface area contributed by atoms with Crippen LogP contribution >= 0.6 is 0 Å². The van der Waals surface area contributed by atoms with E-state index in [1.54, 1.807) is 11.9 Å². The first kappa shape index (κ1) is 21.7. The molecule has 170 valence electrons. The van der Waals surface area contributed by atoms with Gasteiger partial charge in [0.1, 0.15) is 11.2 Å². The fraction of sp³-hybridized carbons (Fsp3) is 0.444. The number of aromatic nitrogens is 2. The first-order chi connectivity index (χ1) is 15.8. The third-order valence-electron chi connectivity index (χ3n) is 7.36. The smallest absolute Gasteiger partial charge is 0.274 e. The summed E-state index contributed by atoms with van der Waals surface area (Å²) in [5.41, 5.74) is 2.36. The normalized spacial score (nSPS) is 26.0. The molecule has 1 aliphatic heterocycles. The highest BCUT2D eigenvalue weighted by atomic mass is 16.5. The first-order valence-electron chi connectivity index (χ1n) is 11.7. The molecule has 2 aliphatic rings. The molecular formula is C27H30N4O2. The maximum atomic E-state index is 13.7. The number of para-hydroxylation sites is 1. The molecule has 1 saturated carbocycles. The van der Waals surface area contributed by atoms with Gasteiger partial charge in [-0.25, -0.2) is 0 Å². The van der Waals surface area contributed by atoms with Crippen molar-refractivity contribution in [3.05, 3.63) is 60.0 Å². The minimum atomic E-state index is -0.700. The van der Waals surface area contributed by atoms with Crippen LogP contribution in [0, 0.1) is 17.2 Å². The van der Waals surface area contributed by atoms with E-state index in [2.05, 4.69) is 32.9 Å². The number of carbonyl (C=O) groups is 1. The molecule has 6 heteroatoms. The molecule has 1 amide bonds. The molecular weight excluding hydrogens is 412 g/mol. The summed E-state index contributed by atoms with van der Waals surface area (Å²) in [4.78, 5) is 20.1. The van der Waals surface area contributed by atoms with Gasteiger partial charge in [0.25, 0.3) is 5.91 Å². The zero-order valence-electron chi connectivity index (χ0n) is 19.7. The number of nitrogens with zero attached hydrogens (tertiary/aromatic N) is 4. The summed E-state index contributed by atoms with van der Waals surface area (Å²) in [6, 6.07) is 16.1. The second kappa shape index (κ2) is 7.71. The molecule has 3 atom stereocenters. The molecule has 2 aromatic heterocycles. The number of benzene rings is 1. The Balaban J connectivity index is 1.61. The van der Waals surface area contributed by atoms with Gasteiger partial charge >= 0.3 is 0 Å². The van der Waals surface area contributed by atoms with Gasteiger partial charge in [-0.1, -0.05) is 25.1 Å². The van der Waals surface area contributed by atoms with Crippen molar-refractivity contribution in [2.24, 2.45) is 5.92 Å². The quantitative estimate of drug-likeness (QED) is 0.554. The lowest BCUT2D eigenvalue weighted by atomic mass is 9.86. The molecule has 0 N–H and O–H groups in total. The number of pyridine rings is 1. The number of carbonyl (C=O) groups excluding carboxylic acids is 1. The number of hydrogen-bond donors (Lipinski definition) is 0. The lowest BCUT2D eigenvalue weighted by Crippen LogP contribution is -2.33. The Kier molecular flexibility index (Phi) is 5.06. The average molecular weight is 443 g/mol. The Bertz CT molecular complexity index is 1260. The minimum absolute atomic E-state index is 0.125. The summed E-state index contributed by atoms with van der Waals surface area (Å²) in [5.74, 6) is 0.375. The first-order valence-corrected chi connectivity index (χ1v) is 11.7. The van der Waals surface area contributed by atoms with Gasteiger partial charge in [-0.15, -0.1) is 0 Å². The van der Waals surface area contributed by atoms with Crippen LogP contribution in [-0.4, -0.2) is 34.7 Å². The van der Waals surface area contributed by atoms with Crippen LogP contribution in [0.3, 0.4) is 0 Å². The van der Waals surface area contributed by atoms with E-state index in [9.17, 15) is 10.1 Å². The average Bonchev–Trinajstić information content (AvgIpc) is 3.32. The molecule has 3 aromatic rings. The van der Waals surface area contributed by atoms with Gasteiger partial charge < -0.3 is 14.2 Å². The van der Waals surface area contributed by atoms with Gasteiger partial charge in [0.15, 0.2) is 0 Å². The molecule has 1 unspecified atom stereocenters. The molecule has 1 aliphatic carbocycles. The molecule has 1 saturated heterocycles. The van der Waals surface area contributed by atoms with Gasteiger partial charge in [0.2, 0.25) is 0 Å². The number of nitriles is 1. The lowest BCUT2D eigenvalue weighted by molar-refractivity contribution is -0.0597. The minimum Gasteiger partial charge on any atom is -0.376 e. The number of ether oxygens (including phenoxy) is 1. The van der Waals surface area contributed by atoms with Crippen molar-refractivity contribution in [3.8, 4) is 6.07 Å². The number of anilines is 1. The van der Waals surface area contributed by atoms with E-state index in [4.69, 9.17) is 9.72 Å². The van der Waals surface area contributed by atoms with E-state index in [-0.39, 0.29) is 17.4 Å². The van der Waals surface area contributed by atoms with Crippen LogP contribution in [0.4, 0.5) is 5.69 Å². The molecule has 6 nitrogen and oxygen atoms in total. The van der Waals surface area contributed by atoms with E-state index in [0.717, 1.165) is 48.2 Å². The summed E-state index contributed by atoms with van der Waals surface area (Å²) < 4.78 is 7.83. The fourth-order valence-electron chi connectivity index (χ4n) is 5.29. The summed E-state index contributed by atoms with van der Waals surface area (Å²) in [5, 5.41) is 11.1. The largest absolute Gasteiger partial charge is 0.376 e. The predicted octanol–water partition coefficient (Wildman–Crippen LogP) is 5.24. The molecule has 33 heavy (non-hydrogen) atoms. The summed E-state index contributed by atoms with van der Waals surface area (Å²) >= 11 is 0. The van der Waals surface area contributed by atoms with Crippen LogP contribution in [0.5, 0.6) is 0 Å². The molecule has 3 heterocycles. The summed E-state index contributed by atoms with van der Waals surface area (Å²) in [6.07, 6.45) is 4.44. The van der Waals surface area contributed by atoms with E-state index in [0.29, 0.717) is 11.6 Å². The van der Waals surface area contributed by atoms with Crippen molar-refractivity contribution in [1.29, 1.82) is 5.26 Å². The summed E-state index contributed by atoms with van der Waals surface area (Å²) in [7, 11) is 1.78. The SMILES string of the molecule is C[C@H]1C[C@]1(C#N)n1c(C(=O)N(C)c2ccccc2)cc2cc(C3CCOC(C)(C)C3)ncc21.